The lowest BCUT2D eigenvalue weighted by Gasteiger charge is -2.27. The average Bonchev–Trinajstić information content (AvgIpc) is 2.79. The predicted octanol–water partition coefficient (Wildman–Crippen LogP) is 3.75. The van der Waals surface area contributed by atoms with Gasteiger partial charge in [0.25, 0.3) is 0 Å². The maximum absolute atomic E-state index is 12.2. The van der Waals surface area contributed by atoms with Gasteiger partial charge < -0.3 is 9.64 Å². The van der Waals surface area contributed by atoms with Gasteiger partial charge in [-0.3, -0.25) is 0 Å². The largest absolute Gasteiger partial charge is 0.445 e. The first-order valence-corrected chi connectivity index (χ1v) is 6.82. The van der Waals surface area contributed by atoms with Crippen molar-refractivity contribution in [2.24, 2.45) is 0 Å². The summed E-state index contributed by atoms with van der Waals surface area (Å²) in [6, 6.07) is 10.3. The van der Waals surface area contributed by atoms with Crippen LogP contribution in [0.5, 0.6) is 0 Å². The number of carbonyl (C=O) groups is 1. The van der Waals surface area contributed by atoms with Crippen molar-refractivity contribution in [2.75, 3.05) is 0 Å². The van der Waals surface area contributed by atoms with Crippen LogP contribution in [0, 0.1) is 0 Å². The number of hydrogen-bond donors (Lipinski definition) is 0. The van der Waals surface area contributed by atoms with Crippen LogP contribution < -0.4 is 0 Å². The molecule has 1 amide bonds. The van der Waals surface area contributed by atoms with Gasteiger partial charge in [-0.1, -0.05) is 36.4 Å². The number of benzene rings is 1. The van der Waals surface area contributed by atoms with Crippen molar-refractivity contribution in [1.82, 2.24) is 4.90 Å². The van der Waals surface area contributed by atoms with Crippen molar-refractivity contribution in [2.45, 2.75) is 44.9 Å². The molecule has 102 valence electrons. The van der Waals surface area contributed by atoms with Gasteiger partial charge in [-0.25, -0.2) is 4.79 Å². The van der Waals surface area contributed by atoms with Crippen LogP contribution in [0.1, 0.15) is 31.7 Å². The van der Waals surface area contributed by atoms with Crippen molar-refractivity contribution in [3.8, 4) is 0 Å². The van der Waals surface area contributed by atoms with Crippen molar-refractivity contribution < 1.29 is 9.53 Å². The Balaban J connectivity index is 1.93. The Morgan fingerprint density at radius 1 is 1.42 bits per heavy atom. The average molecular weight is 259 g/mol. The van der Waals surface area contributed by atoms with Gasteiger partial charge in [0.15, 0.2) is 0 Å². The number of amides is 1. The molecule has 2 atom stereocenters. The number of likely N-dealkylation sites (tertiary alicyclic amines) is 1. The third kappa shape index (κ3) is 3.37. The molecule has 2 rings (SSSR count). The Bertz CT molecular complexity index is 430. The van der Waals surface area contributed by atoms with Crippen molar-refractivity contribution >= 4 is 6.09 Å². The van der Waals surface area contributed by atoms with Crippen LogP contribution in [-0.2, 0) is 11.3 Å². The molecule has 0 unspecified atom stereocenters. The van der Waals surface area contributed by atoms with Gasteiger partial charge in [0.05, 0.1) is 0 Å². The zero-order valence-corrected chi connectivity index (χ0v) is 11.4. The first-order chi connectivity index (χ1) is 9.22. The highest BCUT2D eigenvalue weighted by molar-refractivity contribution is 5.69. The number of nitrogens with zero attached hydrogens (tertiary/aromatic N) is 1. The van der Waals surface area contributed by atoms with E-state index in [1.54, 1.807) is 0 Å². The van der Waals surface area contributed by atoms with E-state index in [4.69, 9.17) is 4.74 Å². The number of rotatable bonds is 4. The summed E-state index contributed by atoms with van der Waals surface area (Å²) >= 11 is 0. The lowest BCUT2D eigenvalue weighted by atomic mass is 10.1. The molecule has 1 aliphatic heterocycles. The fourth-order valence-corrected chi connectivity index (χ4v) is 2.62. The van der Waals surface area contributed by atoms with Gasteiger partial charge >= 0.3 is 6.09 Å². The Morgan fingerprint density at radius 3 is 2.84 bits per heavy atom. The SMILES string of the molecule is C=CC[C@@H]1CC[C@@H](C)N1C(=O)OCc1ccccc1. The second-order valence-corrected chi connectivity index (χ2v) is 5.05. The first kappa shape index (κ1) is 13.7. The molecule has 1 aliphatic rings. The smallest absolute Gasteiger partial charge is 0.410 e. The van der Waals surface area contributed by atoms with Crippen molar-refractivity contribution in [3.05, 3.63) is 48.6 Å². The molecule has 0 aromatic heterocycles. The minimum Gasteiger partial charge on any atom is -0.445 e. The molecule has 0 bridgehead atoms. The molecule has 0 radical (unpaired) electrons. The van der Waals surface area contributed by atoms with E-state index < -0.39 is 0 Å². The van der Waals surface area contributed by atoms with Crippen LogP contribution >= 0.6 is 0 Å². The zero-order valence-electron chi connectivity index (χ0n) is 11.4. The summed E-state index contributed by atoms with van der Waals surface area (Å²) < 4.78 is 5.41. The molecule has 3 heteroatoms. The Hall–Kier alpha value is -1.77. The first-order valence-electron chi connectivity index (χ1n) is 6.82. The summed E-state index contributed by atoms with van der Waals surface area (Å²) in [6.45, 7) is 6.17. The molecule has 19 heavy (non-hydrogen) atoms. The lowest BCUT2D eigenvalue weighted by molar-refractivity contribution is 0.0811. The van der Waals surface area contributed by atoms with Crippen LogP contribution in [0.25, 0.3) is 0 Å². The maximum Gasteiger partial charge on any atom is 0.410 e. The molecule has 0 aliphatic carbocycles. The van der Waals surface area contributed by atoms with Gasteiger partial charge in [0.2, 0.25) is 0 Å². The third-order valence-electron chi connectivity index (χ3n) is 3.64. The molecular formula is C16H21NO2. The quantitative estimate of drug-likeness (QED) is 0.771. The monoisotopic (exact) mass is 259 g/mol. The molecular weight excluding hydrogens is 238 g/mol. The van der Waals surface area contributed by atoms with Crippen molar-refractivity contribution in [1.29, 1.82) is 0 Å². The summed E-state index contributed by atoms with van der Waals surface area (Å²) in [6.07, 6.45) is 4.58. The van der Waals surface area contributed by atoms with Crippen LogP contribution in [0.15, 0.2) is 43.0 Å². The Labute approximate surface area is 114 Å². The Morgan fingerprint density at radius 2 is 2.16 bits per heavy atom. The summed E-state index contributed by atoms with van der Waals surface area (Å²) in [4.78, 5) is 14.0. The van der Waals surface area contributed by atoms with Crippen LogP contribution in [-0.4, -0.2) is 23.1 Å². The van der Waals surface area contributed by atoms with Gasteiger partial charge in [-0.2, -0.15) is 0 Å². The fourth-order valence-electron chi connectivity index (χ4n) is 2.62. The van der Waals surface area contributed by atoms with Crippen LogP contribution in [0.4, 0.5) is 4.79 Å². The van der Waals surface area contributed by atoms with Gasteiger partial charge in [-0.15, -0.1) is 6.58 Å². The standard InChI is InChI=1S/C16H21NO2/c1-3-7-15-11-10-13(2)17(15)16(18)19-12-14-8-5-4-6-9-14/h3-6,8-9,13,15H,1,7,10-12H2,2H3/t13-,15-/m1/s1. The number of ether oxygens (including phenoxy) is 1. The van der Waals surface area contributed by atoms with E-state index in [1.807, 2.05) is 41.3 Å². The van der Waals surface area contributed by atoms with E-state index >= 15 is 0 Å². The molecule has 0 spiro atoms. The van der Waals surface area contributed by atoms with E-state index in [1.165, 1.54) is 0 Å². The summed E-state index contributed by atoms with van der Waals surface area (Å²) in [5.41, 5.74) is 1.02. The molecule has 1 fully saturated rings. The minimum atomic E-state index is -0.208. The zero-order chi connectivity index (χ0) is 13.7. The molecule has 1 saturated heterocycles. The second kappa shape index (κ2) is 6.41. The molecule has 3 nitrogen and oxygen atoms in total. The van der Waals surface area contributed by atoms with Crippen LogP contribution in [0.2, 0.25) is 0 Å². The van der Waals surface area contributed by atoms with Gasteiger partial charge in [0, 0.05) is 12.1 Å². The Kier molecular flexibility index (Phi) is 4.61. The van der Waals surface area contributed by atoms with E-state index in [0.717, 1.165) is 24.8 Å². The number of hydrogen-bond acceptors (Lipinski definition) is 2. The van der Waals surface area contributed by atoms with Gasteiger partial charge in [0.1, 0.15) is 6.61 Å². The van der Waals surface area contributed by atoms with E-state index in [9.17, 15) is 4.79 Å². The highest BCUT2D eigenvalue weighted by atomic mass is 16.6. The maximum atomic E-state index is 12.2. The van der Waals surface area contributed by atoms with Crippen LogP contribution in [0.3, 0.4) is 0 Å². The second-order valence-electron chi connectivity index (χ2n) is 5.05. The summed E-state index contributed by atoms with van der Waals surface area (Å²) in [5, 5.41) is 0. The molecule has 1 heterocycles. The van der Waals surface area contributed by atoms with E-state index in [-0.39, 0.29) is 18.2 Å². The topological polar surface area (TPSA) is 29.5 Å². The van der Waals surface area contributed by atoms with E-state index in [0.29, 0.717) is 6.61 Å². The normalized spacial score (nSPS) is 22.3. The molecule has 1 aromatic carbocycles. The fraction of sp³-hybridized carbons (Fsp3) is 0.438. The summed E-state index contributed by atoms with van der Waals surface area (Å²) in [7, 11) is 0. The van der Waals surface area contributed by atoms with Crippen molar-refractivity contribution in [3.63, 3.8) is 0 Å². The third-order valence-corrected chi connectivity index (χ3v) is 3.64. The highest BCUT2D eigenvalue weighted by Crippen LogP contribution is 2.27. The molecule has 1 aromatic rings. The molecule has 0 saturated carbocycles. The number of carbonyl (C=O) groups excluding carboxylic acids is 1. The minimum absolute atomic E-state index is 0.208. The highest BCUT2D eigenvalue weighted by Gasteiger charge is 2.34. The lowest BCUT2D eigenvalue weighted by Crippen LogP contribution is -2.40. The van der Waals surface area contributed by atoms with E-state index in [2.05, 4.69) is 13.5 Å². The molecule has 0 N–H and O–H groups in total. The van der Waals surface area contributed by atoms with Gasteiger partial charge in [-0.05, 0) is 31.7 Å². The predicted molar refractivity (Wildman–Crippen MR) is 75.8 cm³/mol. The summed E-state index contributed by atoms with van der Waals surface area (Å²) in [5.74, 6) is 0.